The van der Waals surface area contributed by atoms with Gasteiger partial charge in [0.25, 0.3) is 5.91 Å². The minimum Gasteiger partial charge on any atom is -0.334 e. The highest BCUT2D eigenvalue weighted by atomic mass is 32.1. The summed E-state index contributed by atoms with van der Waals surface area (Å²) in [4.78, 5) is 22.5. The van der Waals surface area contributed by atoms with Gasteiger partial charge in [-0.1, -0.05) is 84.0 Å². The number of fused-ring (bicyclic) bond motifs is 2. The molecule has 2 heterocycles. The standard InChI is InChI=1S/C34H42F3N3OS/c1-31(2,3)25-12-10-23(11-13-25)17-39(18-24-8-7-9-26(14-24)34(35,36)37)19-29-38-28(20-42-29)30(41)40-22-33(6)16-27(40)15-32(4,5)21-33/h7-14,20,27H,15-19,21-22H2,1-6H3. The number of hydrogen-bond donors (Lipinski definition) is 0. The van der Waals surface area contributed by atoms with Gasteiger partial charge in [-0.05, 0) is 58.3 Å². The number of aromatic nitrogens is 1. The molecule has 1 aliphatic heterocycles. The number of rotatable bonds is 7. The monoisotopic (exact) mass is 597 g/mol. The number of halogens is 3. The maximum absolute atomic E-state index is 13.6. The van der Waals surface area contributed by atoms with Gasteiger partial charge in [0.15, 0.2) is 0 Å². The summed E-state index contributed by atoms with van der Waals surface area (Å²) >= 11 is 1.44. The summed E-state index contributed by atoms with van der Waals surface area (Å²) in [5.74, 6) is -0.00822. The van der Waals surface area contributed by atoms with Crippen LogP contribution in [0.2, 0.25) is 0 Å². The van der Waals surface area contributed by atoms with Gasteiger partial charge < -0.3 is 4.90 Å². The highest BCUT2D eigenvalue weighted by molar-refractivity contribution is 7.09. The van der Waals surface area contributed by atoms with Crippen molar-refractivity contribution in [1.82, 2.24) is 14.8 Å². The van der Waals surface area contributed by atoms with Gasteiger partial charge in [0, 0.05) is 31.1 Å². The third kappa shape index (κ3) is 7.08. The Morgan fingerprint density at radius 2 is 1.67 bits per heavy atom. The molecule has 1 saturated carbocycles. The van der Waals surface area contributed by atoms with Crippen molar-refractivity contribution >= 4 is 17.2 Å². The van der Waals surface area contributed by atoms with Crippen LogP contribution in [0.4, 0.5) is 13.2 Å². The molecule has 0 radical (unpaired) electrons. The van der Waals surface area contributed by atoms with Crippen LogP contribution < -0.4 is 0 Å². The minimum absolute atomic E-state index is 0.00822. The predicted molar refractivity (Wildman–Crippen MR) is 162 cm³/mol. The zero-order valence-electron chi connectivity index (χ0n) is 25.5. The lowest BCUT2D eigenvalue weighted by Crippen LogP contribution is -2.37. The molecule has 2 aromatic carbocycles. The second-order valence-electron chi connectivity index (χ2n) is 14.6. The van der Waals surface area contributed by atoms with Gasteiger partial charge >= 0.3 is 6.18 Å². The summed E-state index contributed by atoms with van der Waals surface area (Å²) in [6.45, 7) is 15.5. The van der Waals surface area contributed by atoms with E-state index in [4.69, 9.17) is 4.98 Å². The maximum Gasteiger partial charge on any atom is 0.416 e. The molecule has 8 heteroatoms. The topological polar surface area (TPSA) is 36.4 Å². The van der Waals surface area contributed by atoms with E-state index < -0.39 is 11.7 Å². The lowest BCUT2D eigenvalue weighted by Gasteiger charge is -2.39. The fourth-order valence-corrected chi connectivity index (χ4v) is 7.97. The summed E-state index contributed by atoms with van der Waals surface area (Å²) in [5, 5.41) is 2.62. The molecule has 2 bridgehead atoms. The number of likely N-dealkylation sites (tertiary alicyclic amines) is 1. The number of alkyl halides is 3. The van der Waals surface area contributed by atoms with Crippen molar-refractivity contribution in [1.29, 1.82) is 0 Å². The molecule has 1 aromatic heterocycles. The van der Waals surface area contributed by atoms with Gasteiger partial charge in [-0.15, -0.1) is 11.3 Å². The number of carbonyl (C=O) groups is 1. The Hall–Kier alpha value is -2.71. The number of thiazole rings is 1. The van der Waals surface area contributed by atoms with Crippen LogP contribution in [-0.2, 0) is 31.2 Å². The summed E-state index contributed by atoms with van der Waals surface area (Å²) in [6, 6.07) is 14.2. The zero-order chi connectivity index (χ0) is 30.5. The van der Waals surface area contributed by atoms with E-state index in [2.05, 4.69) is 70.7 Å². The maximum atomic E-state index is 13.6. The average molecular weight is 598 g/mol. The van der Waals surface area contributed by atoms with Crippen molar-refractivity contribution in [3.8, 4) is 0 Å². The molecule has 1 aliphatic carbocycles. The van der Waals surface area contributed by atoms with Crippen LogP contribution in [0.15, 0.2) is 53.9 Å². The molecule has 2 atom stereocenters. The first-order chi connectivity index (χ1) is 19.5. The number of nitrogens with zero attached hydrogens (tertiary/aromatic N) is 3. The quantitative estimate of drug-likeness (QED) is 0.273. The molecule has 0 spiro atoms. The number of benzene rings is 2. The number of carbonyl (C=O) groups excluding carboxylic acids is 1. The molecule has 2 unspecified atom stereocenters. The van der Waals surface area contributed by atoms with Gasteiger partial charge in [0.2, 0.25) is 0 Å². The second-order valence-corrected chi connectivity index (χ2v) is 15.5. The van der Waals surface area contributed by atoms with Crippen LogP contribution in [-0.4, -0.2) is 33.3 Å². The molecule has 4 nitrogen and oxygen atoms in total. The van der Waals surface area contributed by atoms with Crippen LogP contribution in [0, 0.1) is 10.8 Å². The van der Waals surface area contributed by atoms with Gasteiger partial charge in [0.1, 0.15) is 10.7 Å². The zero-order valence-corrected chi connectivity index (χ0v) is 26.3. The van der Waals surface area contributed by atoms with Crippen LogP contribution in [0.5, 0.6) is 0 Å². The molecular formula is C34H42F3N3OS. The van der Waals surface area contributed by atoms with E-state index in [1.165, 1.54) is 29.0 Å². The Morgan fingerprint density at radius 1 is 0.976 bits per heavy atom. The van der Waals surface area contributed by atoms with Gasteiger partial charge in [0.05, 0.1) is 12.1 Å². The molecule has 2 fully saturated rings. The molecule has 0 N–H and O–H groups in total. The largest absolute Gasteiger partial charge is 0.416 e. The third-order valence-electron chi connectivity index (χ3n) is 8.69. The summed E-state index contributed by atoms with van der Waals surface area (Å²) in [6.07, 6.45) is -1.24. The Kier molecular flexibility index (Phi) is 8.12. The second kappa shape index (κ2) is 11.1. The Morgan fingerprint density at radius 3 is 2.33 bits per heavy atom. The van der Waals surface area contributed by atoms with Crippen molar-refractivity contribution in [2.45, 2.75) is 98.1 Å². The highest BCUT2D eigenvalue weighted by Gasteiger charge is 2.51. The molecule has 1 saturated heterocycles. The highest BCUT2D eigenvalue weighted by Crippen LogP contribution is 2.52. The van der Waals surface area contributed by atoms with Crippen molar-refractivity contribution in [2.24, 2.45) is 10.8 Å². The first-order valence-electron chi connectivity index (χ1n) is 14.7. The average Bonchev–Trinajstić information content (AvgIpc) is 3.43. The predicted octanol–water partition coefficient (Wildman–Crippen LogP) is 8.70. The first-order valence-corrected chi connectivity index (χ1v) is 15.6. The van der Waals surface area contributed by atoms with Crippen LogP contribution in [0.25, 0.3) is 0 Å². The Balaban J connectivity index is 1.35. The Bertz CT molecular complexity index is 1420. The molecule has 226 valence electrons. The minimum atomic E-state index is -4.39. The molecule has 2 aliphatic rings. The van der Waals surface area contributed by atoms with Crippen molar-refractivity contribution < 1.29 is 18.0 Å². The van der Waals surface area contributed by atoms with E-state index >= 15 is 0 Å². The third-order valence-corrected chi connectivity index (χ3v) is 9.53. The molecule has 5 rings (SSSR count). The number of amides is 1. The van der Waals surface area contributed by atoms with E-state index in [0.717, 1.165) is 42.4 Å². The summed E-state index contributed by atoms with van der Waals surface area (Å²) in [5.41, 5.74) is 3.10. The summed E-state index contributed by atoms with van der Waals surface area (Å²) < 4.78 is 40.3. The van der Waals surface area contributed by atoms with E-state index in [-0.39, 0.29) is 28.2 Å². The van der Waals surface area contributed by atoms with Crippen LogP contribution in [0.3, 0.4) is 0 Å². The van der Waals surface area contributed by atoms with E-state index in [1.54, 1.807) is 6.07 Å². The van der Waals surface area contributed by atoms with Crippen molar-refractivity contribution in [3.63, 3.8) is 0 Å². The van der Waals surface area contributed by atoms with Crippen molar-refractivity contribution in [2.75, 3.05) is 6.54 Å². The van der Waals surface area contributed by atoms with Gasteiger partial charge in [-0.3, -0.25) is 9.69 Å². The summed E-state index contributed by atoms with van der Waals surface area (Å²) in [7, 11) is 0. The molecule has 1 amide bonds. The lowest BCUT2D eigenvalue weighted by molar-refractivity contribution is -0.137. The smallest absolute Gasteiger partial charge is 0.334 e. The fraction of sp³-hybridized carbons (Fsp3) is 0.529. The first kappa shape index (κ1) is 30.7. The van der Waals surface area contributed by atoms with Gasteiger partial charge in [-0.25, -0.2) is 4.98 Å². The van der Waals surface area contributed by atoms with Crippen LogP contribution >= 0.6 is 11.3 Å². The van der Waals surface area contributed by atoms with E-state index in [0.29, 0.717) is 30.9 Å². The molecular weight excluding hydrogens is 555 g/mol. The fourth-order valence-electron chi connectivity index (χ4n) is 7.16. The van der Waals surface area contributed by atoms with Crippen LogP contribution in [0.1, 0.15) is 98.6 Å². The molecule has 42 heavy (non-hydrogen) atoms. The SMILES string of the molecule is CC1(C)CC2CC(C)(CN2C(=O)c2csc(CN(Cc3ccc(C(C)(C)C)cc3)Cc3cccc(C(F)(F)F)c3)n2)C1. The molecule has 3 aromatic rings. The van der Waals surface area contributed by atoms with E-state index in [9.17, 15) is 18.0 Å². The van der Waals surface area contributed by atoms with E-state index in [1.807, 2.05) is 10.3 Å². The Labute approximate surface area is 252 Å². The van der Waals surface area contributed by atoms with Gasteiger partial charge in [-0.2, -0.15) is 13.2 Å². The lowest BCUT2D eigenvalue weighted by atomic mass is 9.65. The normalized spacial score (nSPS) is 22.1. The number of hydrogen-bond acceptors (Lipinski definition) is 4. The van der Waals surface area contributed by atoms with Crippen molar-refractivity contribution in [3.05, 3.63) is 86.9 Å².